The average Bonchev–Trinajstić information content (AvgIpc) is 2.79. The van der Waals surface area contributed by atoms with Crippen molar-refractivity contribution >= 4 is 17.7 Å². The second kappa shape index (κ2) is 6.03. The van der Waals surface area contributed by atoms with Crippen molar-refractivity contribution in [2.24, 2.45) is 0 Å². The zero-order chi connectivity index (χ0) is 15.6. The van der Waals surface area contributed by atoms with Gasteiger partial charge in [-0.25, -0.2) is 9.59 Å². The number of benzene rings is 1. The van der Waals surface area contributed by atoms with Crippen molar-refractivity contribution in [1.82, 2.24) is 4.90 Å². The summed E-state index contributed by atoms with van der Waals surface area (Å²) in [4.78, 5) is 25.0. The Hall–Kier alpha value is -2.24. The minimum Gasteiger partial charge on any atom is -0.507 e. The second-order valence-electron chi connectivity index (χ2n) is 5.36. The first-order valence-corrected chi connectivity index (χ1v) is 7.09. The first-order valence-electron chi connectivity index (χ1n) is 7.09. The van der Waals surface area contributed by atoms with E-state index in [4.69, 9.17) is 5.11 Å². The summed E-state index contributed by atoms with van der Waals surface area (Å²) in [5, 5.41) is 21.2. The fourth-order valence-electron chi connectivity index (χ4n) is 2.82. The van der Waals surface area contributed by atoms with E-state index in [1.54, 1.807) is 0 Å². The molecule has 3 N–H and O–H groups in total. The van der Waals surface area contributed by atoms with Gasteiger partial charge >= 0.3 is 12.0 Å². The average molecular weight is 292 g/mol. The highest BCUT2D eigenvalue weighted by Gasteiger charge is 2.33. The van der Waals surface area contributed by atoms with Gasteiger partial charge in [-0.15, -0.1) is 0 Å². The van der Waals surface area contributed by atoms with Crippen molar-refractivity contribution < 1.29 is 19.8 Å². The Morgan fingerprint density at radius 1 is 1.38 bits per heavy atom. The fraction of sp³-hybridized carbons (Fsp3) is 0.467. The lowest BCUT2D eigenvalue weighted by Gasteiger charge is -2.28. The van der Waals surface area contributed by atoms with Gasteiger partial charge in [0.2, 0.25) is 0 Å². The van der Waals surface area contributed by atoms with E-state index in [2.05, 4.69) is 12.2 Å². The number of hydrogen-bond donors (Lipinski definition) is 3. The molecule has 1 aliphatic rings. The van der Waals surface area contributed by atoms with Crippen LogP contribution in [0.25, 0.3) is 0 Å². The molecule has 114 valence electrons. The highest BCUT2D eigenvalue weighted by Crippen LogP contribution is 2.28. The van der Waals surface area contributed by atoms with Gasteiger partial charge in [0.25, 0.3) is 0 Å². The smallest absolute Gasteiger partial charge is 0.339 e. The number of aromatic carboxylic acids is 1. The number of likely N-dealkylation sites (tertiary alicyclic amines) is 1. The Kier molecular flexibility index (Phi) is 4.35. The Bertz CT molecular complexity index is 559. The largest absolute Gasteiger partial charge is 0.507 e. The molecule has 1 fully saturated rings. The zero-order valence-electron chi connectivity index (χ0n) is 12.2. The third-order valence-corrected chi connectivity index (χ3v) is 3.97. The van der Waals surface area contributed by atoms with Gasteiger partial charge in [0.1, 0.15) is 11.3 Å². The number of hydrogen-bond acceptors (Lipinski definition) is 3. The van der Waals surface area contributed by atoms with Crippen LogP contribution in [0.1, 0.15) is 43.5 Å². The van der Waals surface area contributed by atoms with Gasteiger partial charge in [-0.1, -0.05) is 6.92 Å². The van der Waals surface area contributed by atoms with Crippen molar-refractivity contribution in [2.75, 3.05) is 5.32 Å². The molecule has 1 aliphatic heterocycles. The van der Waals surface area contributed by atoms with E-state index >= 15 is 0 Å². The summed E-state index contributed by atoms with van der Waals surface area (Å²) in [7, 11) is 0. The minimum absolute atomic E-state index is 0.182. The predicted octanol–water partition coefficient (Wildman–Crippen LogP) is 2.89. The molecule has 0 aliphatic carbocycles. The number of carboxylic acid groups (broad SMARTS) is 1. The van der Waals surface area contributed by atoms with Crippen LogP contribution in [-0.4, -0.2) is 39.2 Å². The maximum absolute atomic E-state index is 12.3. The van der Waals surface area contributed by atoms with Crippen LogP contribution >= 0.6 is 0 Å². The lowest BCUT2D eigenvalue weighted by atomic mass is 10.1. The van der Waals surface area contributed by atoms with E-state index < -0.39 is 5.97 Å². The summed E-state index contributed by atoms with van der Waals surface area (Å²) in [5.41, 5.74) is 0.199. The van der Waals surface area contributed by atoms with Gasteiger partial charge in [-0.2, -0.15) is 0 Å². The van der Waals surface area contributed by atoms with E-state index in [0.29, 0.717) is 5.69 Å². The first kappa shape index (κ1) is 15.2. The quantitative estimate of drug-likeness (QED) is 0.799. The number of carbonyl (C=O) groups excluding carboxylic acids is 1. The Labute approximate surface area is 123 Å². The van der Waals surface area contributed by atoms with E-state index in [1.165, 1.54) is 18.2 Å². The van der Waals surface area contributed by atoms with Crippen LogP contribution in [0, 0.1) is 0 Å². The Balaban J connectivity index is 2.12. The van der Waals surface area contributed by atoms with Crippen LogP contribution in [0.15, 0.2) is 18.2 Å². The number of nitrogens with one attached hydrogen (secondary N) is 1. The molecular formula is C15H20N2O4. The maximum Gasteiger partial charge on any atom is 0.339 e. The van der Waals surface area contributed by atoms with Crippen molar-refractivity contribution in [3.05, 3.63) is 23.8 Å². The van der Waals surface area contributed by atoms with Crippen molar-refractivity contribution in [2.45, 2.75) is 45.2 Å². The van der Waals surface area contributed by atoms with Crippen molar-refractivity contribution in [3.63, 3.8) is 0 Å². The molecule has 6 heteroatoms. The van der Waals surface area contributed by atoms with Crippen LogP contribution in [0.5, 0.6) is 5.75 Å². The molecule has 0 saturated carbocycles. The summed E-state index contributed by atoms with van der Waals surface area (Å²) in [6, 6.07) is 4.20. The summed E-state index contributed by atoms with van der Waals surface area (Å²) < 4.78 is 0. The summed E-state index contributed by atoms with van der Waals surface area (Å²) in [6.45, 7) is 4.07. The molecule has 6 nitrogen and oxygen atoms in total. The molecule has 2 rings (SSSR count). The molecule has 0 aromatic heterocycles. The molecule has 1 aromatic carbocycles. The van der Waals surface area contributed by atoms with E-state index in [-0.39, 0.29) is 29.4 Å². The number of anilines is 1. The predicted molar refractivity (Wildman–Crippen MR) is 78.7 cm³/mol. The number of carbonyl (C=O) groups is 2. The number of phenols is 1. The van der Waals surface area contributed by atoms with E-state index in [9.17, 15) is 14.7 Å². The standard InChI is InChI=1S/C15H20N2O4/c1-3-11-6-4-9(2)17(11)15(21)16-10-5-7-12(14(19)20)13(18)8-10/h5,7-9,11,18H,3-4,6H2,1-2H3,(H,16,21)(H,19,20). The van der Waals surface area contributed by atoms with Gasteiger partial charge < -0.3 is 20.4 Å². The molecular weight excluding hydrogens is 272 g/mol. The Morgan fingerprint density at radius 2 is 2.10 bits per heavy atom. The highest BCUT2D eigenvalue weighted by atomic mass is 16.4. The first-order chi connectivity index (χ1) is 9.93. The third kappa shape index (κ3) is 3.09. The van der Waals surface area contributed by atoms with Crippen LogP contribution in [0.3, 0.4) is 0 Å². The van der Waals surface area contributed by atoms with Gasteiger partial charge in [-0.3, -0.25) is 0 Å². The molecule has 0 bridgehead atoms. The number of aromatic hydroxyl groups is 1. The third-order valence-electron chi connectivity index (χ3n) is 3.97. The lowest BCUT2D eigenvalue weighted by molar-refractivity contribution is 0.0693. The summed E-state index contributed by atoms with van der Waals surface area (Å²) in [6.07, 6.45) is 2.88. The summed E-state index contributed by atoms with van der Waals surface area (Å²) in [5.74, 6) is -1.56. The monoisotopic (exact) mass is 292 g/mol. The topological polar surface area (TPSA) is 89.9 Å². The normalized spacial score (nSPS) is 21.3. The molecule has 1 saturated heterocycles. The van der Waals surface area contributed by atoms with Crippen LogP contribution in [-0.2, 0) is 0 Å². The number of rotatable bonds is 3. The summed E-state index contributed by atoms with van der Waals surface area (Å²) >= 11 is 0. The number of carboxylic acids is 1. The van der Waals surface area contributed by atoms with Gasteiger partial charge in [0.05, 0.1) is 0 Å². The second-order valence-corrected chi connectivity index (χ2v) is 5.36. The molecule has 21 heavy (non-hydrogen) atoms. The van der Waals surface area contributed by atoms with Crippen LogP contribution in [0.2, 0.25) is 0 Å². The maximum atomic E-state index is 12.3. The molecule has 0 spiro atoms. The number of nitrogens with zero attached hydrogens (tertiary/aromatic N) is 1. The number of urea groups is 1. The van der Waals surface area contributed by atoms with Gasteiger partial charge in [-0.05, 0) is 38.3 Å². The lowest BCUT2D eigenvalue weighted by Crippen LogP contribution is -2.42. The molecule has 2 atom stereocenters. The molecule has 2 unspecified atom stereocenters. The zero-order valence-corrected chi connectivity index (χ0v) is 12.2. The highest BCUT2D eigenvalue weighted by molar-refractivity contribution is 5.94. The molecule has 1 heterocycles. The van der Waals surface area contributed by atoms with E-state index in [0.717, 1.165) is 19.3 Å². The number of amides is 2. The van der Waals surface area contributed by atoms with Crippen molar-refractivity contribution in [3.8, 4) is 5.75 Å². The van der Waals surface area contributed by atoms with Crippen LogP contribution < -0.4 is 5.32 Å². The SMILES string of the molecule is CCC1CCC(C)N1C(=O)Nc1ccc(C(=O)O)c(O)c1. The van der Waals surface area contributed by atoms with Crippen LogP contribution in [0.4, 0.5) is 10.5 Å². The van der Waals surface area contributed by atoms with Gasteiger partial charge in [0, 0.05) is 23.8 Å². The molecule has 2 amide bonds. The Morgan fingerprint density at radius 3 is 2.67 bits per heavy atom. The fourth-order valence-corrected chi connectivity index (χ4v) is 2.82. The molecule has 1 aromatic rings. The van der Waals surface area contributed by atoms with Gasteiger partial charge in [0.15, 0.2) is 0 Å². The minimum atomic E-state index is -1.20. The van der Waals surface area contributed by atoms with E-state index in [1.807, 2.05) is 11.8 Å². The van der Waals surface area contributed by atoms with Crippen molar-refractivity contribution in [1.29, 1.82) is 0 Å². The molecule has 0 radical (unpaired) electrons.